The summed E-state index contributed by atoms with van der Waals surface area (Å²) in [7, 11) is -9.95. The highest BCUT2D eigenvalue weighted by atomic mass is 31.3. The van der Waals surface area contributed by atoms with Gasteiger partial charge in [0.25, 0.3) is 0 Å². The first-order chi connectivity index (χ1) is 13.4. The van der Waals surface area contributed by atoms with Crippen molar-refractivity contribution in [1.82, 2.24) is 0 Å². The Bertz CT molecular complexity index is 733. The zero-order valence-electron chi connectivity index (χ0n) is 17.5. The Labute approximate surface area is 173 Å². The number of hydrogen-bond acceptors (Lipinski definition) is 5. The summed E-state index contributed by atoms with van der Waals surface area (Å²) >= 11 is 0. The molecule has 0 amide bonds. The van der Waals surface area contributed by atoms with Crippen LogP contribution in [0.3, 0.4) is 0 Å². The normalized spacial score (nSPS) is 14.7. The van der Waals surface area contributed by atoms with Crippen molar-refractivity contribution in [1.29, 1.82) is 0 Å². The van der Waals surface area contributed by atoms with Crippen LogP contribution in [0.4, 0.5) is 0 Å². The fourth-order valence-electron chi connectivity index (χ4n) is 2.02. The van der Waals surface area contributed by atoms with E-state index in [0.29, 0.717) is 6.61 Å². The quantitative estimate of drug-likeness (QED) is 0.160. The summed E-state index contributed by atoms with van der Waals surface area (Å²) in [5, 5.41) is 0. The minimum absolute atomic E-state index is 0.0889. The molecule has 0 aromatic rings. The molecule has 0 saturated heterocycles. The number of allylic oxidation sites excluding steroid dienone is 5. The standard InChI is InChI=1S/C19H32O8P2/c1-17(2)9-7-10-18(3)11-8-12-19(4)13-16-25-14-5-6-15-26-29(23,24)27-28(20,21)22/h9,11,13H,7-8,10,12,14-16H2,1-4H3,(H,23,24)(H2,20,21,22)/b18-11+,19-13+. The second-order valence-corrected chi connectivity index (χ2v) is 9.47. The third-order valence-corrected chi connectivity index (χ3v) is 5.61. The Hall–Kier alpha value is -1.00. The van der Waals surface area contributed by atoms with E-state index in [2.05, 4.69) is 53.6 Å². The van der Waals surface area contributed by atoms with Gasteiger partial charge in [-0.3, -0.25) is 4.52 Å². The maximum atomic E-state index is 11.2. The van der Waals surface area contributed by atoms with Crippen LogP contribution in [-0.2, 0) is 22.7 Å². The Kier molecular flexibility index (Phi) is 14.4. The van der Waals surface area contributed by atoms with Gasteiger partial charge in [-0.05, 0) is 53.4 Å². The fraction of sp³-hybridized carbons (Fsp3) is 0.579. The van der Waals surface area contributed by atoms with Crippen molar-refractivity contribution in [3.05, 3.63) is 34.9 Å². The highest BCUT2D eigenvalue weighted by Gasteiger charge is 2.31. The Morgan fingerprint density at radius 2 is 1.41 bits per heavy atom. The largest absolute Gasteiger partial charge is 0.482 e. The van der Waals surface area contributed by atoms with E-state index in [0.717, 1.165) is 25.7 Å². The molecule has 0 fully saturated rings. The van der Waals surface area contributed by atoms with Crippen LogP contribution in [0.1, 0.15) is 53.4 Å². The van der Waals surface area contributed by atoms with Gasteiger partial charge in [0, 0.05) is 0 Å². The third-order valence-electron chi connectivity index (χ3n) is 3.48. The zero-order chi connectivity index (χ0) is 22.3. The zero-order valence-corrected chi connectivity index (χ0v) is 19.2. The van der Waals surface area contributed by atoms with Gasteiger partial charge in [0.05, 0.1) is 6.61 Å². The molecule has 0 heterocycles. The number of hydrogen-bond donors (Lipinski definition) is 3. The molecule has 166 valence electrons. The van der Waals surface area contributed by atoms with Crippen molar-refractivity contribution in [3.8, 4) is 11.8 Å². The van der Waals surface area contributed by atoms with Crippen molar-refractivity contribution in [2.45, 2.75) is 53.4 Å². The van der Waals surface area contributed by atoms with Crippen molar-refractivity contribution in [2.75, 3.05) is 19.8 Å². The van der Waals surface area contributed by atoms with Crippen molar-refractivity contribution >= 4 is 15.6 Å². The summed E-state index contributed by atoms with van der Waals surface area (Å²) in [6, 6.07) is 0. The van der Waals surface area contributed by atoms with Crippen molar-refractivity contribution in [2.24, 2.45) is 0 Å². The Morgan fingerprint density at radius 3 is 2.00 bits per heavy atom. The van der Waals surface area contributed by atoms with E-state index in [1.54, 1.807) is 0 Å². The van der Waals surface area contributed by atoms with Gasteiger partial charge < -0.3 is 19.4 Å². The van der Waals surface area contributed by atoms with E-state index in [1.807, 2.05) is 13.0 Å². The van der Waals surface area contributed by atoms with Crippen LogP contribution >= 0.6 is 15.6 Å². The lowest BCUT2D eigenvalue weighted by molar-refractivity contribution is 0.191. The molecular formula is C19H32O8P2. The first-order valence-corrected chi connectivity index (χ1v) is 12.2. The summed E-state index contributed by atoms with van der Waals surface area (Å²) in [4.78, 5) is 25.9. The molecule has 1 atom stereocenters. The number of phosphoric acid groups is 2. The fourth-order valence-corrected chi connectivity index (χ4v) is 3.52. The maximum Gasteiger partial charge on any atom is 0.482 e. The molecular weight excluding hydrogens is 418 g/mol. The minimum atomic E-state index is -5.11. The lowest BCUT2D eigenvalue weighted by Gasteiger charge is -2.10. The van der Waals surface area contributed by atoms with Crippen molar-refractivity contribution < 1.29 is 37.4 Å². The molecule has 8 nitrogen and oxygen atoms in total. The summed E-state index contributed by atoms with van der Waals surface area (Å²) in [5.74, 6) is 4.95. The number of rotatable bonds is 13. The van der Waals surface area contributed by atoms with Gasteiger partial charge in [-0.1, -0.05) is 46.8 Å². The molecule has 0 aromatic heterocycles. The van der Waals surface area contributed by atoms with E-state index in [-0.39, 0.29) is 6.61 Å². The van der Waals surface area contributed by atoms with Gasteiger partial charge in [0.15, 0.2) is 0 Å². The van der Waals surface area contributed by atoms with E-state index < -0.39 is 22.3 Å². The van der Waals surface area contributed by atoms with Crippen molar-refractivity contribution in [3.63, 3.8) is 0 Å². The smallest absolute Gasteiger partial charge is 0.365 e. The molecule has 0 rings (SSSR count). The molecule has 0 aromatic carbocycles. The second kappa shape index (κ2) is 14.9. The molecule has 0 bridgehead atoms. The average Bonchev–Trinajstić information content (AvgIpc) is 2.54. The molecule has 0 spiro atoms. The summed E-state index contributed by atoms with van der Waals surface area (Å²) in [6.45, 7) is 8.35. The highest BCUT2D eigenvalue weighted by molar-refractivity contribution is 7.60. The molecule has 10 heteroatoms. The lowest BCUT2D eigenvalue weighted by Crippen LogP contribution is -1.95. The number of phosphoric ester groups is 1. The van der Waals surface area contributed by atoms with Crippen LogP contribution in [0, 0.1) is 11.8 Å². The van der Waals surface area contributed by atoms with Crippen LogP contribution in [-0.4, -0.2) is 34.5 Å². The predicted molar refractivity (Wildman–Crippen MR) is 113 cm³/mol. The SMILES string of the molecule is CC(C)=CCC/C(C)=C/CC/C(C)=C/COCC#CCOP(=O)(O)OP(=O)(O)O. The second-order valence-electron chi connectivity index (χ2n) is 6.64. The summed E-state index contributed by atoms with van der Waals surface area (Å²) in [6.07, 6.45) is 10.6. The van der Waals surface area contributed by atoms with E-state index in [9.17, 15) is 9.13 Å². The molecule has 0 saturated carbocycles. The minimum Gasteiger partial charge on any atom is -0.365 e. The summed E-state index contributed by atoms with van der Waals surface area (Å²) < 4.78 is 34.8. The van der Waals surface area contributed by atoms with Crippen LogP contribution < -0.4 is 0 Å². The van der Waals surface area contributed by atoms with E-state index >= 15 is 0 Å². The molecule has 3 N–H and O–H groups in total. The van der Waals surface area contributed by atoms with E-state index in [1.165, 1.54) is 16.7 Å². The molecule has 1 unspecified atom stereocenters. The average molecular weight is 450 g/mol. The van der Waals surface area contributed by atoms with Crippen LogP contribution in [0.5, 0.6) is 0 Å². The molecule has 29 heavy (non-hydrogen) atoms. The van der Waals surface area contributed by atoms with Crippen LogP contribution in [0.25, 0.3) is 0 Å². The Balaban J connectivity index is 3.98. The van der Waals surface area contributed by atoms with Gasteiger partial charge in [-0.2, -0.15) is 4.31 Å². The predicted octanol–water partition coefficient (Wildman–Crippen LogP) is 4.65. The molecule has 0 aliphatic rings. The highest BCUT2D eigenvalue weighted by Crippen LogP contribution is 2.57. The number of ether oxygens (including phenoxy) is 1. The van der Waals surface area contributed by atoms with Gasteiger partial charge in [-0.25, -0.2) is 9.13 Å². The lowest BCUT2D eigenvalue weighted by atomic mass is 10.1. The first-order valence-electron chi connectivity index (χ1n) is 9.13. The topological polar surface area (TPSA) is 123 Å². The van der Waals surface area contributed by atoms with Gasteiger partial charge >= 0.3 is 15.6 Å². The van der Waals surface area contributed by atoms with Gasteiger partial charge in [0.2, 0.25) is 0 Å². The van der Waals surface area contributed by atoms with Gasteiger partial charge in [-0.15, -0.1) is 0 Å². The van der Waals surface area contributed by atoms with Gasteiger partial charge in [0.1, 0.15) is 13.2 Å². The first kappa shape index (κ1) is 28.0. The van der Waals surface area contributed by atoms with E-state index in [4.69, 9.17) is 19.4 Å². The monoisotopic (exact) mass is 450 g/mol. The molecule has 0 aliphatic carbocycles. The third kappa shape index (κ3) is 20.1. The van der Waals surface area contributed by atoms with Crippen LogP contribution in [0.2, 0.25) is 0 Å². The molecule has 0 aliphatic heterocycles. The molecule has 0 radical (unpaired) electrons. The maximum absolute atomic E-state index is 11.2. The summed E-state index contributed by atoms with van der Waals surface area (Å²) in [5.41, 5.74) is 3.95. The van der Waals surface area contributed by atoms with Crippen LogP contribution in [0.15, 0.2) is 34.9 Å². The Morgan fingerprint density at radius 1 is 0.862 bits per heavy atom.